The van der Waals surface area contributed by atoms with Gasteiger partial charge in [0, 0.05) is 6.92 Å². The molecule has 0 spiro atoms. The molecule has 18 heavy (non-hydrogen) atoms. The fourth-order valence-electron chi connectivity index (χ4n) is 1.21. The van der Waals surface area contributed by atoms with Crippen LogP contribution in [0.25, 0.3) is 0 Å². The van der Waals surface area contributed by atoms with Gasteiger partial charge >= 0.3 is 5.97 Å². The van der Waals surface area contributed by atoms with E-state index in [-0.39, 0.29) is 6.61 Å². The Morgan fingerprint density at radius 1 is 1.33 bits per heavy atom. The largest absolute Gasteiger partial charge is 0.427 e. The average molecular weight is 274 g/mol. The molecule has 0 amide bonds. The normalized spacial score (nSPS) is 13.1. The third kappa shape index (κ3) is 5.26. The lowest BCUT2D eigenvalue weighted by molar-refractivity contribution is -0.131. The van der Waals surface area contributed by atoms with E-state index in [4.69, 9.17) is 4.74 Å². The predicted octanol–water partition coefficient (Wildman–Crippen LogP) is 0.622. The molecule has 1 N–H and O–H groups in total. The van der Waals surface area contributed by atoms with Crippen molar-refractivity contribution in [1.82, 2.24) is 0 Å². The number of ether oxygens (including phenoxy) is 1. The van der Waals surface area contributed by atoms with Crippen molar-refractivity contribution in [3.05, 3.63) is 29.8 Å². The monoisotopic (exact) mass is 274 g/mol. The first-order valence-electron chi connectivity index (χ1n) is 5.09. The van der Waals surface area contributed by atoms with E-state index in [1.54, 1.807) is 0 Å². The molecule has 0 heterocycles. The number of aliphatic hydroxyl groups is 1. The van der Waals surface area contributed by atoms with Crippen LogP contribution in [0.4, 0.5) is 0 Å². The third-order valence-corrected chi connectivity index (χ3v) is 2.53. The summed E-state index contributed by atoms with van der Waals surface area (Å²) in [5, 5.41) is 9.66. The van der Waals surface area contributed by atoms with Crippen LogP contribution in [0.3, 0.4) is 0 Å². The standard InChI is InChI=1S/C11H14O6S/c1-8(12)17-10-5-3-9(4-6-10)11(13)7-16-18(2,14)15/h3-6,11,13H,7H2,1-2H3/t11-/m0/s1. The molecule has 0 saturated carbocycles. The summed E-state index contributed by atoms with van der Waals surface area (Å²) in [6.07, 6.45) is -0.158. The molecule has 1 aromatic carbocycles. The Hall–Kier alpha value is -1.44. The molecule has 0 radical (unpaired) electrons. The maximum Gasteiger partial charge on any atom is 0.308 e. The van der Waals surface area contributed by atoms with Crippen LogP contribution in [0.1, 0.15) is 18.6 Å². The van der Waals surface area contributed by atoms with Gasteiger partial charge in [0.25, 0.3) is 10.1 Å². The van der Waals surface area contributed by atoms with Crippen LogP contribution in [0.15, 0.2) is 24.3 Å². The van der Waals surface area contributed by atoms with Crippen molar-refractivity contribution in [3.8, 4) is 5.75 Å². The summed E-state index contributed by atoms with van der Waals surface area (Å²) in [7, 11) is -3.58. The summed E-state index contributed by atoms with van der Waals surface area (Å²) in [5.74, 6) is -0.0915. The van der Waals surface area contributed by atoms with Crippen LogP contribution < -0.4 is 4.74 Å². The van der Waals surface area contributed by atoms with Gasteiger partial charge in [0.1, 0.15) is 11.9 Å². The fourth-order valence-corrected chi connectivity index (χ4v) is 1.58. The van der Waals surface area contributed by atoms with Crippen LogP contribution in [-0.4, -0.2) is 32.4 Å². The number of hydrogen-bond acceptors (Lipinski definition) is 6. The smallest absolute Gasteiger partial charge is 0.308 e. The lowest BCUT2D eigenvalue weighted by Gasteiger charge is -2.10. The predicted molar refractivity (Wildman–Crippen MR) is 63.5 cm³/mol. The summed E-state index contributed by atoms with van der Waals surface area (Å²) in [6.45, 7) is 0.925. The molecule has 0 fully saturated rings. The minimum absolute atomic E-state index is 0.350. The summed E-state index contributed by atoms with van der Waals surface area (Å²) < 4.78 is 30.8. The Bertz CT molecular complexity index is 505. The minimum atomic E-state index is -3.58. The first kappa shape index (κ1) is 14.6. The molecule has 1 rings (SSSR count). The second-order valence-electron chi connectivity index (χ2n) is 3.67. The maximum absolute atomic E-state index is 10.8. The molecule has 0 aliphatic heterocycles. The zero-order valence-electron chi connectivity index (χ0n) is 9.99. The van der Waals surface area contributed by atoms with Gasteiger partial charge in [0.15, 0.2) is 0 Å². The molecule has 100 valence electrons. The first-order valence-corrected chi connectivity index (χ1v) is 6.90. The quantitative estimate of drug-likeness (QED) is 0.481. The topological polar surface area (TPSA) is 89.9 Å². The molecule has 0 bridgehead atoms. The molecule has 0 aliphatic rings. The van der Waals surface area contributed by atoms with Gasteiger partial charge in [-0.25, -0.2) is 0 Å². The molecule has 0 saturated heterocycles. The average Bonchev–Trinajstić information content (AvgIpc) is 2.25. The minimum Gasteiger partial charge on any atom is -0.427 e. The Morgan fingerprint density at radius 3 is 2.33 bits per heavy atom. The van der Waals surface area contributed by atoms with Crippen molar-refractivity contribution in [2.75, 3.05) is 12.9 Å². The van der Waals surface area contributed by atoms with E-state index in [0.29, 0.717) is 11.3 Å². The lowest BCUT2D eigenvalue weighted by Crippen LogP contribution is -2.11. The van der Waals surface area contributed by atoms with Crippen LogP contribution in [0.2, 0.25) is 0 Å². The van der Waals surface area contributed by atoms with E-state index in [1.807, 2.05) is 0 Å². The first-order chi connectivity index (χ1) is 8.28. The van der Waals surface area contributed by atoms with Gasteiger partial charge in [-0.15, -0.1) is 0 Å². The van der Waals surface area contributed by atoms with Crippen molar-refractivity contribution in [1.29, 1.82) is 0 Å². The van der Waals surface area contributed by atoms with Gasteiger partial charge in [0.05, 0.1) is 12.9 Å². The summed E-state index contributed by atoms with van der Waals surface area (Å²) >= 11 is 0. The van der Waals surface area contributed by atoms with Crippen molar-refractivity contribution in [2.45, 2.75) is 13.0 Å². The number of esters is 1. The van der Waals surface area contributed by atoms with E-state index >= 15 is 0 Å². The van der Waals surface area contributed by atoms with E-state index in [2.05, 4.69) is 4.18 Å². The highest BCUT2D eigenvalue weighted by Gasteiger charge is 2.11. The van der Waals surface area contributed by atoms with E-state index in [0.717, 1.165) is 6.26 Å². The highest BCUT2D eigenvalue weighted by molar-refractivity contribution is 7.85. The fraction of sp³-hybridized carbons (Fsp3) is 0.364. The Morgan fingerprint density at radius 2 is 1.89 bits per heavy atom. The highest BCUT2D eigenvalue weighted by atomic mass is 32.2. The van der Waals surface area contributed by atoms with Gasteiger partial charge in [-0.3, -0.25) is 8.98 Å². The van der Waals surface area contributed by atoms with E-state index in [9.17, 15) is 18.3 Å². The summed E-state index contributed by atoms with van der Waals surface area (Å²) in [4.78, 5) is 10.7. The van der Waals surface area contributed by atoms with Crippen molar-refractivity contribution in [2.24, 2.45) is 0 Å². The van der Waals surface area contributed by atoms with Crippen LogP contribution >= 0.6 is 0 Å². The molecular formula is C11H14O6S. The van der Waals surface area contributed by atoms with Gasteiger partial charge in [-0.1, -0.05) is 12.1 Å². The molecule has 0 aromatic heterocycles. The number of carbonyl (C=O) groups is 1. The van der Waals surface area contributed by atoms with Crippen molar-refractivity contribution >= 4 is 16.1 Å². The Labute approximate surface area is 105 Å². The lowest BCUT2D eigenvalue weighted by atomic mass is 10.1. The molecule has 1 atom stereocenters. The second-order valence-corrected chi connectivity index (χ2v) is 5.31. The maximum atomic E-state index is 10.8. The molecule has 0 unspecified atom stereocenters. The SMILES string of the molecule is CC(=O)Oc1ccc([C@@H](O)COS(C)(=O)=O)cc1. The van der Waals surface area contributed by atoms with Gasteiger partial charge < -0.3 is 9.84 Å². The van der Waals surface area contributed by atoms with E-state index < -0.39 is 22.2 Å². The summed E-state index contributed by atoms with van der Waals surface area (Å²) in [6, 6.07) is 6.05. The van der Waals surface area contributed by atoms with Gasteiger partial charge in [-0.05, 0) is 17.7 Å². The van der Waals surface area contributed by atoms with Gasteiger partial charge in [-0.2, -0.15) is 8.42 Å². The van der Waals surface area contributed by atoms with Crippen LogP contribution in [0, 0.1) is 0 Å². The molecule has 0 aliphatic carbocycles. The number of hydrogen-bond donors (Lipinski definition) is 1. The zero-order chi connectivity index (χ0) is 13.8. The molecular weight excluding hydrogens is 260 g/mol. The van der Waals surface area contributed by atoms with E-state index in [1.165, 1.54) is 31.2 Å². The number of benzene rings is 1. The number of aliphatic hydroxyl groups excluding tert-OH is 1. The zero-order valence-corrected chi connectivity index (χ0v) is 10.8. The van der Waals surface area contributed by atoms with Crippen molar-refractivity contribution in [3.63, 3.8) is 0 Å². The second kappa shape index (κ2) is 5.94. The molecule has 7 heteroatoms. The molecule has 1 aromatic rings. The number of carbonyl (C=O) groups excluding carboxylic acids is 1. The highest BCUT2D eigenvalue weighted by Crippen LogP contribution is 2.18. The van der Waals surface area contributed by atoms with Crippen LogP contribution in [-0.2, 0) is 19.1 Å². The van der Waals surface area contributed by atoms with Crippen molar-refractivity contribution < 1.29 is 27.2 Å². The van der Waals surface area contributed by atoms with Crippen LogP contribution in [0.5, 0.6) is 5.75 Å². The summed E-state index contributed by atoms with van der Waals surface area (Å²) in [5.41, 5.74) is 0.467. The number of rotatable bonds is 5. The van der Waals surface area contributed by atoms with Gasteiger partial charge in [0.2, 0.25) is 0 Å². The Kier molecular flexibility index (Phi) is 4.83. The third-order valence-electron chi connectivity index (χ3n) is 1.97. The molecule has 6 nitrogen and oxygen atoms in total. The Balaban J connectivity index is 2.64.